The minimum Gasteiger partial charge on any atom is -0.446 e. The molecule has 0 bridgehead atoms. The molecule has 116 valence electrons. The Kier molecular flexibility index (Phi) is 5.74. The van der Waals surface area contributed by atoms with E-state index >= 15 is 0 Å². The van der Waals surface area contributed by atoms with E-state index in [2.05, 4.69) is 26.1 Å². The largest absolute Gasteiger partial charge is 0.446 e. The van der Waals surface area contributed by atoms with Gasteiger partial charge in [0, 0.05) is 6.04 Å². The molecule has 3 atom stereocenters. The van der Waals surface area contributed by atoms with E-state index in [1.165, 1.54) is 32.1 Å². The first kappa shape index (κ1) is 15.7. The molecule has 0 aromatic rings. The minimum absolute atomic E-state index is 0.113. The zero-order valence-electron chi connectivity index (χ0n) is 13.4. The molecule has 0 saturated heterocycles. The van der Waals surface area contributed by atoms with E-state index in [0.717, 1.165) is 19.3 Å². The molecule has 0 aromatic carbocycles. The summed E-state index contributed by atoms with van der Waals surface area (Å²) in [7, 11) is 0. The Morgan fingerprint density at radius 3 is 2.45 bits per heavy atom. The molecule has 1 amide bonds. The van der Waals surface area contributed by atoms with E-state index in [0.29, 0.717) is 23.8 Å². The molecule has 0 aromatic heterocycles. The quantitative estimate of drug-likeness (QED) is 0.826. The lowest BCUT2D eigenvalue weighted by Gasteiger charge is -2.37. The summed E-state index contributed by atoms with van der Waals surface area (Å²) in [5, 5.41) is 3.08. The summed E-state index contributed by atoms with van der Waals surface area (Å²) in [6.07, 6.45) is 9.44. The lowest BCUT2D eigenvalue weighted by atomic mass is 9.75. The summed E-state index contributed by atoms with van der Waals surface area (Å²) < 4.78 is 5.79. The molecule has 2 aliphatic rings. The van der Waals surface area contributed by atoms with Gasteiger partial charge in [-0.1, -0.05) is 46.5 Å². The monoisotopic (exact) mass is 281 g/mol. The highest BCUT2D eigenvalue weighted by atomic mass is 16.6. The van der Waals surface area contributed by atoms with Crippen molar-refractivity contribution in [2.24, 2.45) is 17.8 Å². The van der Waals surface area contributed by atoms with Gasteiger partial charge < -0.3 is 10.1 Å². The van der Waals surface area contributed by atoms with Crippen molar-refractivity contribution in [1.29, 1.82) is 0 Å². The van der Waals surface area contributed by atoms with Crippen LogP contribution in [0.4, 0.5) is 4.79 Å². The molecule has 3 heteroatoms. The highest BCUT2D eigenvalue weighted by Gasteiger charge is 2.33. The third-order valence-electron chi connectivity index (χ3n) is 5.15. The first-order chi connectivity index (χ1) is 9.56. The minimum atomic E-state index is -0.179. The molecule has 2 aliphatic carbocycles. The Hall–Kier alpha value is -0.730. The van der Waals surface area contributed by atoms with Crippen molar-refractivity contribution in [2.45, 2.75) is 84.3 Å². The molecular weight excluding hydrogens is 250 g/mol. The van der Waals surface area contributed by atoms with Crippen LogP contribution in [0, 0.1) is 17.8 Å². The molecule has 0 heterocycles. The second-order valence-corrected chi connectivity index (χ2v) is 7.25. The fourth-order valence-electron chi connectivity index (χ4n) is 3.84. The molecular formula is C17H31NO2. The van der Waals surface area contributed by atoms with Gasteiger partial charge in [-0.15, -0.1) is 0 Å². The van der Waals surface area contributed by atoms with E-state index in [9.17, 15) is 4.79 Å². The summed E-state index contributed by atoms with van der Waals surface area (Å²) in [5.74, 6) is 1.80. The van der Waals surface area contributed by atoms with Crippen LogP contribution in [0.2, 0.25) is 0 Å². The van der Waals surface area contributed by atoms with Gasteiger partial charge in [0.1, 0.15) is 6.10 Å². The van der Waals surface area contributed by atoms with E-state index < -0.39 is 0 Å². The first-order valence-corrected chi connectivity index (χ1v) is 8.53. The van der Waals surface area contributed by atoms with Crippen molar-refractivity contribution in [3.05, 3.63) is 0 Å². The Labute approximate surface area is 123 Å². The number of alkyl carbamates (subject to hydrolysis) is 1. The lowest BCUT2D eigenvalue weighted by Crippen LogP contribution is -2.42. The average Bonchev–Trinajstić information content (AvgIpc) is 2.39. The van der Waals surface area contributed by atoms with Crippen LogP contribution in [0.3, 0.4) is 0 Å². The summed E-state index contributed by atoms with van der Waals surface area (Å²) in [6.45, 7) is 6.76. The van der Waals surface area contributed by atoms with Crippen molar-refractivity contribution >= 4 is 6.09 Å². The van der Waals surface area contributed by atoms with E-state index in [4.69, 9.17) is 4.74 Å². The smallest absolute Gasteiger partial charge is 0.407 e. The maximum absolute atomic E-state index is 12.1. The predicted octanol–water partition coefficient (Wildman–Crippen LogP) is 4.51. The van der Waals surface area contributed by atoms with Crippen molar-refractivity contribution < 1.29 is 9.53 Å². The van der Waals surface area contributed by atoms with Crippen LogP contribution in [0.1, 0.15) is 72.1 Å². The summed E-state index contributed by atoms with van der Waals surface area (Å²) in [5.41, 5.74) is 0. The molecule has 20 heavy (non-hydrogen) atoms. The molecule has 1 N–H and O–H groups in total. The fraction of sp³-hybridized carbons (Fsp3) is 0.941. The number of hydrogen-bond acceptors (Lipinski definition) is 2. The van der Waals surface area contributed by atoms with Crippen LogP contribution in [-0.4, -0.2) is 18.2 Å². The maximum Gasteiger partial charge on any atom is 0.407 e. The maximum atomic E-state index is 12.1. The van der Waals surface area contributed by atoms with Crippen LogP contribution in [0.25, 0.3) is 0 Å². The lowest BCUT2D eigenvalue weighted by molar-refractivity contribution is 0.00447. The third-order valence-corrected chi connectivity index (χ3v) is 5.15. The van der Waals surface area contributed by atoms with E-state index in [1.807, 2.05) is 0 Å². The number of nitrogens with one attached hydrogen (secondary N) is 1. The Balaban J connectivity index is 1.83. The SMILES string of the molecule is CC(C)[C@@H]1CC[C@@H](C)CC1OC(=O)NC1CCCCC1. The van der Waals surface area contributed by atoms with Crippen molar-refractivity contribution in [1.82, 2.24) is 5.32 Å². The Morgan fingerprint density at radius 1 is 1.10 bits per heavy atom. The number of hydrogen-bond donors (Lipinski definition) is 1. The summed E-state index contributed by atoms with van der Waals surface area (Å²) in [6, 6.07) is 0.342. The average molecular weight is 281 g/mol. The third kappa shape index (κ3) is 4.39. The number of carbonyl (C=O) groups excluding carboxylic acids is 1. The first-order valence-electron chi connectivity index (χ1n) is 8.53. The Bertz CT molecular complexity index is 310. The number of ether oxygens (including phenoxy) is 1. The van der Waals surface area contributed by atoms with Gasteiger partial charge in [0.15, 0.2) is 0 Å². The number of carbonyl (C=O) groups is 1. The fourth-order valence-corrected chi connectivity index (χ4v) is 3.84. The van der Waals surface area contributed by atoms with Crippen LogP contribution in [-0.2, 0) is 4.74 Å². The molecule has 0 radical (unpaired) electrons. The van der Waals surface area contributed by atoms with Crippen LogP contribution < -0.4 is 5.32 Å². The number of rotatable bonds is 3. The molecule has 1 unspecified atom stereocenters. The molecule has 3 nitrogen and oxygen atoms in total. The van der Waals surface area contributed by atoms with Crippen LogP contribution in [0.15, 0.2) is 0 Å². The molecule has 2 rings (SSSR count). The summed E-state index contributed by atoms with van der Waals surface area (Å²) >= 11 is 0. The van der Waals surface area contributed by atoms with Gasteiger partial charge in [-0.25, -0.2) is 4.79 Å². The van der Waals surface area contributed by atoms with Gasteiger partial charge in [-0.2, -0.15) is 0 Å². The topological polar surface area (TPSA) is 38.3 Å². The van der Waals surface area contributed by atoms with Crippen molar-refractivity contribution in [2.75, 3.05) is 0 Å². The highest BCUT2D eigenvalue weighted by molar-refractivity contribution is 5.67. The highest BCUT2D eigenvalue weighted by Crippen LogP contribution is 2.35. The number of amides is 1. The van der Waals surface area contributed by atoms with Crippen molar-refractivity contribution in [3.8, 4) is 0 Å². The van der Waals surface area contributed by atoms with Gasteiger partial charge in [0.25, 0.3) is 0 Å². The normalized spacial score (nSPS) is 32.1. The van der Waals surface area contributed by atoms with Gasteiger partial charge in [-0.3, -0.25) is 0 Å². The zero-order valence-corrected chi connectivity index (χ0v) is 13.4. The standard InChI is InChI=1S/C17H31NO2/c1-12(2)15-10-9-13(3)11-16(15)20-17(19)18-14-7-5-4-6-8-14/h12-16H,4-11H2,1-3H3,(H,18,19)/t13-,15+,16?/m1/s1. The Morgan fingerprint density at radius 2 is 1.80 bits per heavy atom. The van der Waals surface area contributed by atoms with E-state index in [-0.39, 0.29) is 12.2 Å². The van der Waals surface area contributed by atoms with Gasteiger partial charge in [-0.05, 0) is 43.4 Å². The predicted molar refractivity (Wildman–Crippen MR) is 81.6 cm³/mol. The molecule has 2 saturated carbocycles. The second kappa shape index (κ2) is 7.33. The molecule has 0 aliphatic heterocycles. The second-order valence-electron chi connectivity index (χ2n) is 7.25. The molecule has 2 fully saturated rings. The van der Waals surface area contributed by atoms with Crippen molar-refractivity contribution in [3.63, 3.8) is 0 Å². The molecule has 0 spiro atoms. The van der Waals surface area contributed by atoms with Gasteiger partial charge >= 0.3 is 6.09 Å². The van der Waals surface area contributed by atoms with E-state index in [1.54, 1.807) is 0 Å². The van der Waals surface area contributed by atoms with Crippen LogP contribution >= 0.6 is 0 Å². The zero-order chi connectivity index (χ0) is 14.5. The van der Waals surface area contributed by atoms with Crippen LogP contribution in [0.5, 0.6) is 0 Å². The van der Waals surface area contributed by atoms with Gasteiger partial charge in [0.2, 0.25) is 0 Å². The van der Waals surface area contributed by atoms with Gasteiger partial charge in [0.05, 0.1) is 0 Å². The summed E-state index contributed by atoms with van der Waals surface area (Å²) in [4.78, 5) is 12.1.